The van der Waals surface area contributed by atoms with Crippen molar-refractivity contribution < 1.29 is 22.8 Å². The Morgan fingerprint density at radius 2 is 2.07 bits per heavy atom. The van der Waals surface area contributed by atoms with Gasteiger partial charge >= 0.3 is 0 Å². The number of aromatic nitrogens is 1. The second-order valence-corrected chi connectivity index (χ2v) is 6.46. The van der Waals surface area contributed by atoms with E-state index in [-0.39, 0.29) is 24.8 Å². The van der Waals surface area contributed by atoms with Gasteiger partial charge in [0.05, 0.1) is 12.0 Å². The smallest absolute Gasteiger partial charge is 0.244 e. The van der Waals surface area contributed by atoms with Crippen molar-refractivity contribution >= 4 is 34.4 Å². The zero-order valence-corrected chi connectivity index (χ0v) is 15.3. The van der Waals surface area contributed by atoms with Crippen molar-refractivity contribution in [3.63, 3.8) is 0 Å². The fourth-order valence-electron chi connectivity index (χ4n) is 2.20. The number of carbonyl (C=O) groups excluding carboxylic acids is 2. The maximum Gasteiger partial charge on any atom is 0.244 e. The van der Waals surface area contributed by atoms with Crippen molar-refractivity contribution in [3.8, 4) is 11.3 Å². The van der Waals surface area contributed by atoms with E-state index in [9.17, 15) is 18.4 Å². The third-order valence-corrected chi connectivity index (χ3v) is 4.32. The number of rotatable bonds is 7. The summed E-state index contributed by atoms with van der Waals surface area (Å²) in [6.45, 7) is 0.147. The van der Waals surface area contributed by atoms with Crippen LogP contribution in [-0.2, 0) is 9.59 Å². The third kappa shape index (κ3) is 5.34. The molecule has 3 aromatic rings. The first-order valence-electron chi connectivity index (χ1n) is 8.21. The van der Waals surface area contributed by atoms with Crippen LogP contribution in [0.4, 0.5) is 13.9 Å². The van der Waals surface area contributed by atoms with Gasteiger partial charge in [-0.3, -0.25) is 9.59 Å². The molecule has 9 heteroatoms. The van der Waals surface area contributed by atoms with Gasteiger partial charge < -0.3 is 15.1 Å². The molecule has 1 aromatic carbocycles. The first-order valence-corrected chi connectivity index (χ1v) is 9.09. The summed E-state index contributed by atoms with van der Waals surface area (Å²) in [6.07, 6.45) is 4.38. The first kappa shape index (κ1) is 19.4. The van der Waals surface area contributed by atoms with Crippen molar-refractivity contribution in [2.75, 3.05) is 11.9 Å². The Balaban J connectivity index is 1.45. The number of hydrogen-bond acceptors (Lipinski definition) is 5. The standard InChI is InChI=1S/C19H15F2N3O3S/c20-14-5-3-12(10-15(14)21)16-11-28-19(23-16)24-18(26)7-8-22-17(25)6-4-13-2-1-9-27-13/h1-6,9-11H,7-8H2,(H,22,25)(H,23,24,26)/b6-4+. The van der Waals surface area contributed by atoms with Gasteiger partial charge in [-0.1, -0.05) is 0 Å². The average Bonchev–Trinajstić information content (AvgIpc) is 3.34. The van der Waals surface area contributed by atoms with E-state index in [1.165, 1.54) is 24.5 Å². The van der Waals surface area contributed by atoms with Gasteiger partial charge in [0.1, 0.15) is 5.76 Å². The quantitative estimate of drug-likeness (QED) is 0.587. The highest BCUT2D eigenvalue weighted by molar-refractivity contribution is 7.14. The highest BCUT2D eigenvalue weighted by Gasteiger charge is 2.10. The number of anilines is 1. The summed E-state index contributed by atoms with van der Waals surface area (Å²) in [5.41, 5.74) is 0.835. The monoisotopic (exact) mass is 403 g/mol. The molecule has 0 spiro atoms. The number of nitrogens with zero attached hydrogens (tertiary/aromatic N) is 1. The number of nitrogens with one attached hydrogen (secondary N) is 2. The molecule has 0 fully saturated rings. The molecular weight excluding hydrogens is 388 g/mol. The van der Waals surface area contributed by atoms with Crippen LogP contribution >= 0.6 is 11.3 Å². The number of benzene rings is 1. The van der Waals surface area contributed by atoms with Gasteiger partial charge in [-0.05, 0) is 36.4 Å². The molecule has 0 saturated carbocycles. The summed E-state index contributed by atoms with van der Waals surface area (Å²) >= 11 is 1.16. The zero-order chi connectivity index (χ0) is 19.9. The molecule has 0 unspecified atom stereocenters. The average molecular weight is 403 g/mol. The first-order chi connectivity index (χ1) is 13.5. The van der Waals surface area contributed by atoms with E-state index in [4.69, 9.17) is 4.42 Å². The second kappa shape index (κ2) is 9.05. The van der Waals surface area contributed by atoms with Gasteiger partial charge in [0.2, 0.25) is 11.8 Å². The molecule has 2 aromatic heterocycles. The number of carbonyl (C=O) groups is 2. The van der Waals surface area contributed by atoms with Gasteiger partial charge in [-0.25, -0.2) is 13.8 Å². The number of furan rings is 1. The topological polar surface area (TPSA) is 84.2 Å². The van der Waals surface area contributed by atoms with Gasteiger partial charge in [0, 0.05) is 30.0 Å². The van der Waals surface area contributed by atoms with Gasteiger partial charge in [-0.15, -0.1) is 11.3 Å². The minimum atomic E-state index is -0.965. The van der Waals surface area contributed by atoms with E-state index in [0.29, 0.717) is 22.1 Å². The molecule has 6 nitrogen and oxygen atoms in total. The van der Waals surface area contributed by atoms with Crippen LogP contribution in [0.5, 0.6) is 0 Å². The molecule has 0 atom stereocenters. The molecule has 0 saturated heterocycles. The fourth-order valence-corrected chi connectivity index (χ4v) is 2.94. The summed E-state index contributed by atoms with van der Waals surface area (Å²) in [5, 5.41) is 7.14. The molecule has 144 valence electrons. The van der Waals surface area contributed by atoms with Crippen molar-refractivity contribution in [2.45, 2.75) is 6.42 Å². The van der Waals surface area contributed by atoms with Crippen molar-refractivity contribution in [2.24, 2.45) is 0 Å². The van der Waals surface area contributed by atoms with Crippen molar-refractivity contribution in [1.29, 1.82) is 0 Å². The third-order valence-electron chi connectivity index (χ3n) is 3.56. The predicted molar refractivity (Wildman–Crippen MR) is 101 cm³/mol. The number of hydrogen-bond donors (Lipinski definition) is 2. The maximum atomic E-state index is 13.3. The molecule has 28 heavy (non-hydrogen) atoms. The Bertz CT molecular complexity index is 1000. The van der Waals surface area contributed by atoms with Crippen molar-refractivity contribution in [1.82, 2.24) is 10.3 Å². The van der Waals surface area contributed by atoms with Crippen molar-refractivity contribution in [3.05, 3.63) is 65.4 Å². The van der Waals surface area contributed by atoms with Gasteiger partial charge in [-0.2, -0.15) is 0 Å². The van der Waals surface area contributed by atoms with E-state index in [0.717, 1.165) is 23.5 Å². The molecular formula is C19H15F2N3O3S. The fraction of sp³-hybridized carbons (Fsp3) is 0.105. The summed E-state index contributed by atoms with van der Waals surface area (Å²) in [6, 6.07) is 6.89. The Hall–Kier alpha value is -3.33. The molecule has 2 heterocycles. The molecule has 0 bridgehead atoms. The van der Waals surface area contributed by atoms with E-state index in [2.05, 4.69) is 15.6 Å². The normalized spacial score (nSPS) is 10.9. The lowest BCUT2D eigenvalue weighted by Gasteiger charge is -2.03. The minimum Gasteiger partial charge on any atom is -0.465 e. The Kier molecular flexibility index (Phi) is 6.28. The van der Waals surface area contributed by atoms with E-state index in [1.807, 2.05) is 0 Å². The molecule has 3 rings (SSSR count). The van der Waals surface area contributed by atoms with Crippen LogP contribution < -0.4 is 10.6 Å². The van der Waals surface area contributed by atoms with Crippen LogP contribution in [0.2, 0.25) is 0 Å². The summed E-state index contributed by atoms with van der Waals surface area (Å²) in [7, 11) is 0. The maximum absolute atomic E-state index is 13.3. The van der Waals surface area contributed by atoms with Gasteiger partial charge in [0.15, 0.2) is 16.8 Å². The van der Waals surface area contributed by atoms with Gasteiger partial charge in [0.25, 0.3) is 0 Å². The van der Waals surface area contributed by atoms with E-state index < -0.39 is 11.6 Å². The van der Waals surface area contributed by atoms with E-state index in [1.54, 1.807) is 17.5 Å². The summed E-state index contributed by atoms with van der Waals surface area (Å²) in [5.74, 6) is -2.03. The number of halogens is 2. The Morgan fingerprint density at radius 1 is 1.21 bits per heavy atom. The summed E-state index contributed by atoms with van der Waals surface area (Å²) in [4.78, 5) is 27.8. The van der Waals surface area contributed by atoms with E-state index >= 15 is 0 Å². The van der Waals surface area contributed by atoms with Crippen LogP contribution in [0, 0.1) is 11.6 Å². The summed E-state index contributed by atoms with van der Waals surface area (Å²) < 4.78 is 31.4. The lowest BCUT2D eigenvalue weighted by atomic mass is 10.2. The van der Waals surface area contributed by atoms with Crippen LogP contribution in [-0.4, -0.2) is 23.3 Å². The molecule has 0 aliphatic rings. The SMILES string of the molecule is O=C(/C=C/c1ccco1)NCCC(=O)Nc1nc(-c2ccc(F)c(F)c2)cs1. The van der Waals surface area contributed by atoms with Crippen LogP contribution in [0.25, 0.3) is 17.3 Å². The second-order valence-electron chi connectivity index (χ2n) is 5.60. The van der Waals surface area contributed by atoms with Crippen LogP contribution in [0.3, 0.4) is 0 Å². The number of amides is 2. The Labute approximate surface area is 162 Å². The minimum absolute atomic E-state index is 0.0560. The predicted octanol–water partition coefficient (Wildman–Crippen LogP) is 3.84. The highest BCUT2D eigenvalue weighted by atomic mass is 32.1. The number of thiazole rings is 1. The molecule has 2 amide bonds. The lowest BCUT2D eigenvalue weighted by molar-refractivity contribution is -0.117. The lowest BCUT2D eigenvalue weighted by Crippen LogP contribution is -2.26. The highest BCUT2D eigenvalue weighted by Crippen LogP contribution is 2.26. The molecule has 2 N–H and O–H groups in total. The zero-order valence-electron chi connectivity index (χ0n) is 14.4. The van der Waals surface area contributed by atoms with Crippen LogP contribution in [0.15, 0.2) is 52.5 Å². The molecule has 0 aliphatic carbocycles. The Morgan fingerprint density at radius 3 is 2.82 bits per heavy atom. The van der Waals surface area contributed by atoms with Crippen LogP contribution in [0.1, 0.15) is 12.2 Å². The molecule has 0 aliphatic heterocycles. The largest absolute Gasteiger partial charge is 0.465 e. The molecule has 0 radical (unpaired) electrons.